The lowest BCUT2D eigenvalue weighted by molar-refractivity contribution is 0.192. The van der Waals surface area contributed by atoms with Gasteiger partial charge in [0.15, 0.2) is 5.82 Å². The molecule has 1 aliphatic heterocycles. The van der Waals surface area contributed by atoms with Crippen LogP contribution in [0.2, 0.25) is 0 Å². The molecule has 0 amide bonds. The van der Waals surface area contributed by atoms with Crippen LogP contribution in [0.4, 0.5) is 0 Å². The van der Waals surface area contributed by atoms with Crippen molar-refractivity contribution in [3.63, 3.8) is 0 Å². The van der Waals surface area contributed by atoms with Gasteiger partial charge in [0, 0.05) is 18.6 Å². The second kappa shape index (κ2) is 3.99. The molecule has 1 saturated heterocycles. The number of rotatable bonds is 2. The Labute approximate surface area is 93.7 Å². The van der Waals surface area contributed by atoms with E-state index in [0.717, 1.165) is 25.3 Å². The first-order valence-corrected chi connectivity index (χ1v) is 5.68. The second-order valence-electron chi connectivity index (χ2n) is 4.44. The van der Waals surface area contributed by atoms with E-state index in [4.69, 9.17) is 15.0 Å². The molecule has 0 radical (unpaired) electrons. The number of aromatic nitrogens is 2. The molecule has 3 rings (SSSR count). The van der Waals surface area contributed by atoms with Gasteiger partial charge in [-0.25, -0.2) is 0 Å². The Morgan fingerprint density at radius 2 is 2.31 bits per heavy atom. The molecule has 2 aliphatic rings. The number of hydrogen-bond acceptors (Lipinski definition) is 5. The Morgan fingerprint density at radius 1 is 1.38 bits per heavy atom. The van der Waals surface area contributed by atoms with Gasteiger partial charge < -0.3 is 15.0 Å². The Hall–Kier alpha value is -1.20. The number of allylic oxidation sites excluding steroid dienone is 1. The summed E-state index contributed by atoms with van der Waals surface area (Å²) in [4.78, 5) is 4.44. The van der Waals surface area contributed by atoms with E-state index < -0.39 is 0 Å². The fraction of sp³-hybridized carbons (Fsp3) is 0.636. The zero-order valence-corrected chi connectivity index (χ0v) is 9.00. The van der Waals surface area contributed by atoms with Crippen molar-refractivity contribution < 1.29 is 9.26 Å². The average Bonchev–Trinajstić information content (AvgIpc) is 2.97. The molecule has 0 saturated carbocycles. The van der Waals surface area contributed by atoms with Crippen molar-refractivity contribution in [1.82, 2.24) is 10.1 Å². The topological polar surface area (TPSA) is 74.2 Å². The summed E-state index contributed by atoms with van der Waals surface area (Å²) in [5.41, 5.74) is 5.79. The molecule has 5 heteroatoms. The van der Waals surface area contributed by atoms with Crippen LogP contribution >= 0.6 is 0 Å². The Bertz CT molecular complexity index is 396. The summed E-state index contributed by atoms with van der Waals surface area (Å²) in [6.45, 7) is 1.50. The van der Waals surface area contributed by atoms with Crippen LogP contribution in [0.25, 0.3) is 0 Å². The van der Waals surface area contributed by atoms with Gasteiger partial charge in [0.1, 0.15) is 0 Å². The predicted octanol–water partition coefficient (Wildman–Crippen LogP) is 0.944. The maximum Gasteiger partial charge on any atom is 0.233 e. The van der Waals surface area contributed by atoms with Gasteiger partial charge in [-0.1, -0.05) is 17.3 Å². The van der Waals surface area contributed by atoms with Gasteiger partial charge in [-0.15, -0.1) is 0 Å². The summed E-state index contributed by atoms with van der Waals surface area (Å²) in [5.74, 6) is 1.96. The predicted molar refractivity (Wildman–Crippen MR) is 56.9 cm³/mol. The smallest absolute Gasteiger partial charge is 0.233 e. The van der Waals surface area contributed by atoms with E-state index in [-0.39, 0.29) is 12.0 Å². The molecule has 2 heterocycles. The van der Waals surface area contributed by atoms with E-state index in [9.17, 15) is 0 Å². The van der Waals surface area contributed by atoms with E-state index >= 15 is 0 Å². The standard InChI is InChI=1S/C11H15N3O2/c12-9-2-1-7(5-9)11-13-10(14-16-11)8-3-4-15-6-8/h1-2,7-9H,3-6,12H2. The van der Waals surface area contributed by atoms with E-state index in [1.165, 1.54) is 0 Å². The minimum atomic E-state index is 0.121. The molecule has 3 atom stereocenters. The average molecular weight is 221 g/mol. The summed E-state index contributed by atoms with van der Waals surface area (Å²) >= 11 is 0. The van der Waals surface area contributed by atoms with Crippen LogP contribution in [0.3, 0.4) is 0 Å². The fourth-order valence-electron chi connectivity index (χ4n) is 2.21. The molecular weight excluding hydrogens is 206 g/mol. The Morgan fingerprint density at radius 3 is 3.00 bits per heavy atom. The molecule has 0 bridgehead atoms. The molecule has 16 heavy (non-hydrogen) atoms. The third-order valence-corrected chi connectivity index (χ3v) is 3.19. The lowest BCUT2D eigenvalue weighted by atomic mass is 10.1. The van der Waals surface area contributed by atoms with Gasteiger partial charge >= 0.3 is 0 Å². The van der Waals surface area contributed by atoms with E-state index in [1.54, 1.807) is 0 Å². The largest absolute Gasteiger partial charge is 0.381 e. The van der Waals surface area contributed by atoms with E-state index in [1.807, 2.05) is 12.2 Å². The lowest BCUT2D eigenvalue weighted by Gasteiger charge is -2.02. The van der Waals surface area contributed by atoms with Crippen molar-refractivity contribution >= 4 is 0 Å². The lowest BCUT2D eigenvalue weighted by Crippen LogP contribution is -2.14. The van der Waals surface area contributed by atoms with Crippen LogP contribution in [0.15, 0.2) is 16.7 Å². The maximum atomic E-state index is 5.79. The number of nitrogens with zero attached hydrogens (tertiary/aromatic N) is 2. The molecule has 1 aromatic heterocycles. The summed E-state index contributed by atoms with van der Waals surface area (Å²) in [5, 5.41) is 4.03. The fourth-order valence-corrected chi connectivity index (χ4v) is 2.21. The van der Waals surface area contributed by atoms with Crippen LogP contribution in [0.5, 0.6) is 0 Å². The normalized spacial score (nSPS) is 33.7. The van der Waals surface area contributed by atoms with Gasteiger partial charge in [-0.05, 0) is 12.8 Å². The molecular formula is C11H15N3O2. The summed E-state index contributed by atoms with van der Waals surface area (Å²) < 4.78 is 10.6. The highest BCUT2D eigenvalue weighted by Crippen LogP contribution is 2.29. The minimum Gasteiger partial charge on any atom is -0.381 e. The van der Waals surface area contributed by atoms with Crippen molar-refractivity contribution in [3.05, 3.63) is 23.9 Å². The molecule has 1 aliphatic carbocycles. The molecule has 1 aromatic rings. The first-order valence-electron chi connectivity index (χ1n) is 5.68. The van der Waals surface area contributed by atoms with Crippen LogP contribution in [-0.4, -0.2) is 29.4 Å². The van der Waals surface area contributed by atoms with Crippen molar-refractivity contribution in [2.45, 2.75) is 30.7 Å². The molecule has 3 unspecified atom stereocenters. The highest BCUT2D eigenvalue weighted by atomic mass is 16.5. The molecule has 86 valence electrons. The van der Waals surface area contributed by atoms with E-state index in [0.29, 0.717) is 18.4 Å². The van der Waals surface area contributed by atoms with Crippen LogP contribution in [-0.2, 0) is 4.74 Å². The molecule has 0 aromatic carbocycles. The summed E-state index contributed by atoms with van der Waals surface area (Å²) in [6, 6.07) is 0.121. The van der Waals surface area contributed by atoms with Crippen molar-refractivity contribution in [2.75, 3.05) is 13.2 Å². The number of ether oxygens (including phenoxy) is 1. The third-order valence-electron chi connectivity index (χ3n) is 3.19. The molecule has 1 fully saturated rings. The van der Waals surface area contributed by atoms with Crippen LogP contribution in [0, 0.1) is 0 Å². The van der Waals surface area contributed by atoms with Crippen molar-refractivity contribution in [2.24, 2.45) is 5.73 Å². The number of nitrogens with two attached hydrogens (primary N) is 1. The van der Waals surface area contributed by atoms with Gasteiger partial charge in [0.25, 0.3) is 0 Å². The monoisotopic (exact) mass is 221 g/mol. The van der Waals surface area contributed by atoms with Gasteiger partial charge in [-0.2, -0.15) is 4.98 Å². The highest BCUT2D eigenvalue weighted by molar-refractivity contribution is 5.16. The van der Waals surface area contributed by atoms with Crippen molar-refractivity contribution in [1.29, 1.82) is 0 Å². The maximum absolute atomic E-state index is 5.79. The third kappa shape index (κ3) is 1.76. The van der Waals surface area contributed by atoms with Gasteiger partial charge in [0.2, 0.25) is 5.89 Å². The zero-order valence-electron chi connectivity index (χ0n) is 9.00. The van der Waals surface area contributed by atoms with Gasteiger partial charge in [-0.3, -0.25) is 0 Å². The molecule has 0 spiro atoms. The SMILES string of the molecule is NC1C=CC(c2nc(C3CCOC3)no2)C1. The van der Waals surface area contributed by atoms with Crippen LogP contribution < -0.4 is 5.73 Å². The first kappa shape index (κ1) is 9.99. The summed E-state index contributed by atoms with van der Waals surface area (Å²) in [7, 11) is 0. The number of hydrogen-bond donors (Lipinski definition) is 1. The molecule has 5 nitrogen and oxygen atoms in total. The molecule has 2 N–H and O–H groups in total. The minimum absolute atomic E-state index is 0.121. The highest BCUT2D eigenvalue weighted by Gasteiger charge is 2.27. The van der Waals surface area contributed by atoms with Gasteiger partial charge in [0.05, 0.1) is 12.5 Å². The Kier molecular flexibility index (Phi) is 2.49. The quantitative estimate of drug-likeness (QED) is 0.752. The first-order chi connectivity index (χ1) is 7.83. The van der Waals surface area contributed by atoms with Crippen LogP contribution in [0.1, 0.15) is 36.4 Å². The Balaban J connectivity index is 1.75. The zero-order chi connectivity index (χ0) is 11.0. The summed E-state index contributed by atoms with van der Waals surface area (Å²) in [6.07, 6.45) is 5.89. The second-order valence-corrected chi connectivity index (χ2v) is 4.44. The van der Waals surface area contributed by atoms with E-state index in [2.05, 4.69) is 10.1 Å². The van der Waals surface area contributed by atoms with Crippen molar-refractivity contribution in [3.8, 4) is 0 Å².